The monoisotopic (exact) mass is 437 g/mol. The first-order chi connectivity index (χ1) is 14.5. The van der Waals surface area contributed by atoms with Gasteiger partial charge in [0, 0.05) is 16.3 Å². The summed E-state index contributed by atoms with van der Waals surface area (Å²) in [5, 5.41) is 6.44. The maximum atomic E-state index is 12.5. The number of thiocarbonyl (C=S) groups is 1. The van der Waals surface area contributed by atoms with Crippen LogP contribution in [-0.2, 0) is 0 Å². The predicted octanol–water partition coefficient (Wildman–Crippen LogP) is 5.28. The normalized spacial score (nSPS) is 10.6. The molecule has 2 N–H and O–H groups in total. The van der Waals surface area contributed by atoms with Gasteiger partial charge in [0.2, 0.25) is 5.89 Å². The van der Waals surface area contributed by atoms with Gasteiger partial charge in [-0.25, -0.2) is 4.98 Å². The first-order valence-corrected chi connectivity index (χ1v) is 9.74. The van der Waals surface area contributed by atoms with Gasteiger partial charge in [-0.15, -0.1) is 0 Å². The van der Waals surface area contributed by atoms with E-state index in [0.29, 0.717) is 39.0 Å². The van der Waals surface area contributed by atoms with Crippen molar-refractivity contribution in [2.24, 2.45) is 0 Å². The average molecular weight is 438 g/mol. The largest absolute Gasteiger partial charge is 0.496 e. The quantitative estimate of drug-likeness (QED) is 0.423. The van der Waals surface area contributed by atoms with Crippen LogP contribution in [0.5, 0.6) is 5.75 Å². The highest BCUT2D eigenvalue weighted by atomic mass is 35.5. The van der Waals surface area contributed by atoms with Crippen LogP contribution in [0.3, 0.4) is 0 Å². The highest BCUT2D eigenvalue weighted by Crippen LogP contribution is 2.27. The van der Waals surface area contributed by atoms with Crippen molar-refractivity contribution in [3.8, 4) is 17.2 Å². The third kappa shape index (κ3) is 4.27. The topological polar surface area (TPSA) is 76.4 Å². The first-order valence-electron chi connectivity index (χ1n) is 8.95. The molecule has 0 aliphatic rings. The molecule has 150 valence electrons. The summed E-state index contributed by atoms with van der Waals surface area (Å²) in [5.41, 5.74) is 3.18. The number of nitrogens with zero attached hydrogens (tertiary/aromatic N) is 1. The molecule has 1 amide bonds. The Balaban J connectivity index is 1.49. The number of fused-ring (bicyclic) bond motifs is 1. The summed E-state index contributed by atoms with van der Waals surface area (Å²) in [5.74, 6) is 0.597. The fourth-order valence-electron chi connectivity index (χ4n) is 2.89. The summed E-state index contributed by atoms with van der Waals surface area (Å²) in [6, 6.07) is 19.5. The SMILES string of the molecule is COc1ccccc1C(=O)NC(=S)Nc1ccc2oc(-c3ccc(Cl)cc3)nc2c1. The van der Waals surface area contributed by atoms with Crippen LogP contribution in [0.1, 0.15) is 10.4 Å². The van der Waals surface area contributed by atoms with Gasteiger partial charge in [0.15, 0.2) is 10.7 Å². The lowest BCUT2D eigenvalue weighted by molar-refractivity contribution is 0.0975. The molecule has 1 heterocycles. The Morgan fingerprint density at radius 1 is 1.10 bits per heavy atom. The summed E-state index contributed by atoms with van der Waals surface area (Å²) < 4.78 is 11.0. The molecule has 0 aliphatic carbocycles. The smallest absolute Gasteiger partial charge is 0.261 e. The van der Waals surface area contributed by atoms with Gasteiger partial charge >= 0.3 is 0 Å². The first kappa shape index (κ1) is 19.9. The van der Waals surface area contributed by atoms with Gasteiger partial charge in [0.1, 0.15) is 11.3 Å². The van der Waals surface area contributed by atoms with Gasteiger partial charge in [-0.2, -0.15) is 0 Å². The molecule has 4 aromatic rings. The van der Waals surface area contributed by atoms with Gasteiger partial charge in [-0.05, 0) is 66.8 Å². The van der Waals surface area contributed by atoms with E-state index in [4.69, 9.17) is 33.0 Å². The number of carbonyl (C=O) groups is 1. The van der Waals surface area contributed by atoms with Crippen molar-refractivity contribution in [3.63, 3.8) is 0 Å². The second-order valence-corrected chi connectivity index (χ2v) is 7.16. The van der Waals surface area contributed by atoms with Crippen LogP contribution < -0.4 is 15.4 Å². The van der Waals surface area contributed by atoms with Gasteiger partial charge in [0.25, 0.3) is 5.91 Å². The minimum atomic E-state index is -0.363. The number of carbonyl (C=O) groups excluding carboxylic acids is 1. The van der Waals surface area contributed by atoms with Gasteiger partial charge in [-0.3, -0.25) is 10.1 Å². The molecule has 0 fully saturated rings. The van der Waals surface area contributed by atoms with Crippen LogP contribution in [0.2, 0.25) is 5.02 Å². The van der Waals surface area contributed by atoms with E-state index in [-0.39, 0.29) is 11.0 Å². The summed E-state index contributed by atoms with van der Waals surface area (Å²) in [6.45, 7) is 0. The predicted molar refractivity (Wildman–Crippen MR) is 121 cm³/mol. The number of nitrogens with one attached hydrogen (secondary N) is 2. The number of anilines is 1. The minimum absolute atomic E-state index is 0.159. The Morgan fingerprint density at radius 2 is 1.87 bits per heavy atom. The maximum Gasteiger partial charge on any atom is 0.261 e. The number of halogens is 1. The van der Waals surface area contributed by atoms with E-state index < -0.39 is 0 Å². The number of hydrogen-bond acceptors (Lipinski definition) is 5. The lowest BCUT2D eigenvalue weighted by Gasteiger charge is -2.11. The number of para-hydroxylation sites is 1. The summed E-state index contributed by atoms with van der Waals surface area (Å²) in [7, 11) is 1.51. The van der Waals surface area contributed by atoms with Crippen LogP contribution in [0, 0.1) is 0 Å². The molecule has 0 saturated heterocycles. The van der Waals surface area contributed by atoms with Crippen molar-refractivity contribution in [2.45, 2.75) is 0 Å². The van der Waals surface area contributed by atoms with Gasteiger partial charge in [-0.1, -0.05) is 23.7 Å². The highest BCUT2D eigenvalue weighted by Gasteiger charge is 2.14. The molecular formula is C22H16ClN3O3S. The number of oxazole rings is 1. The second kappa shape index (κ2) is 8.52. The lowest BCUT2D eigenvalue weighted by atomic mass is 10.2. The standard InChI is InChI=1S/C22H16ClN3O3S/c1-28-18-5-3-2-4-16(18)20(27)26-22(30)24-15-10-11-19-17(12-15)25-21(29-19)13-6-8-14(23)9-7-13/h2-12H,1H3,(H2,24,26,27,30). The summed E-state index contributed by atoms with van der Waals surface area (Å²) in [6.07, 6.45) is 0. The number of amides is 1. The molecule has 0 radical (unpaired) electrons. The molecule has 4 rings (SSSR count). The number of hydrogen-bond donors (Lipinski definition) is 2. The van der Waals surface area contributed by atoms with E-state index in [2.05, 4.69) is 15.6 Å². The number of benzene rings is 3. The van der Waals surface area contributed by atoms with E-state index in [0.717, 1.165) is 5.56 Å². The van der Waals surface area contributed by atoms with Crippen LogP contribution in [0.4, 0.5) is 5.69 Å². The molecule has 30 heavy (non-hydrogen) atoms. The Bertz CT molecular complexity index is 1240. The van der Waals surface area contributed by atoms with Crippen LogP contribution in [-0.4, -0.2) is 23.1 Å². The maximum absolute atomic E-state index is 12.5. The molecule has 0 spiro atoms. The van der Waals surface area contributed by atoms with Crippen LogP contribution in [0.15, 0.2) is 71.1 Å². The average Bonchev–Trinajstić information content (AvgIpc) is 3.17. The van der Waals surface area contributed by atoms with E-state index in [1.807, 2.05) is 12.1 Å². The Morgan fingerprint density at radius 3 is 2.63 bits per heavy atom. The number of rotatable bonds is 4. The van der Waals surface area contributed by atoms with E-state index in [1.165, 1.54) is 7.11 Å². The molecule has 0 atom stereocenters. The van der Waals surface area contributed by atoms with Crippen molar-refractivity contribution in [3.05, 3.63) is 77.3 Å². The van der Waals surface area contributed by atoms with Crippen LogP contribution >= 0.6 is 23.8 Å². The van der Waals surface area contributed by atoms with Crippen molar-refractivity contribution in [2.75, 3.05) is 12.4 Å². The van der Waals surface area contributed by atoms with E-state index >= 15 is 0 Å². The summed E-state index contributed by atoms with van der Waals surface area (Å²) >= 11 is 11.2. The fraction of sp³-hybridized carbons (Fsp3) is 0.0455. The molecule has 3 aromatic carbocycles. The van der Waals surface area contributed by atoms with Crippen LogP contribution in [0.25, 0.3) is 22.6 Å². The molecule has 6 nitrogen and oxygen atoms in total. The molecule has 8 heteroatoms. The van der Waals surface area contributed by atoms with Crippen molar-refractivity contribution >= 4 is 51.6 Å². The lowest BCUT2D eigenvalue weighted by Crippen LogP contribution is -2.34. The molecular weight excluding hydrogens is 422 g/mol. The number of ether oxygens (including phenoxy) is 1. The van der Waals surface area contributed by atoms with Gasteiger partial charge in [0.05, 0.1) is 12.7 Å². The minimum Gasteiger partial charge on any atom is -0.496 e. The number of aromatic nitrogens is 1. The molecule has 0 bridgehead atoms. The van der Waals surface area contributed by atoms with Crippen molar-refractivity contribution < 1.29 is 13.9 Å². The van der Waals surface area contributed by atoms with E-state index in [9.17, 15) is 4.79 Å². The second-order valence-electron chi connectivity index (χ2n) is 6.32. The molecule has 0 unspecified atom stereocenters. The van der Waals surface area contributed by atoms with Crippen molar-refractivity contribution in [1.29, 1.82) is 0 Å². The zero-order valence-electron chi connectivity index (χ0n) is 15.8. The highest BCUT2D eigenvalue weighted by molar-refractivity contribution is 7.80. The third-order valence-electron chi connectivity index (χ3n) is 4.32. The molecule has 0 saturated carbocycles. The molecule has 1 aromatic heterocycles. The van der Waals surface area contributed by atoms with E-state index in [1.54, 1.807) is 54.6 Å². The van der Waals surface area contributed by atoms with Crippen molar-refractivity contribution in [1.82, 2.24) is 10.3 Å². The number of methoxy groups -OCH3 is 1. The zero-order chi connectivity index (χ0) is 21.1. The summed E-state index contributed by atoms with van der Waals surface area (Å²) in [4.78, 5) is 17.0. The van der Waals surface area contributed by atoms with Gasteiger partial charge < -0.3 is 14.5 Å². The Labute approximate surface area is 182 Å². The molecule has 0 aliphatic heterocycles. The third-order valence-corrected chi connectivity index (χ3v) is 4.77. The fourth-order valence-corrected chi connectivity index (χ4v) is 3.22. The Hall–Kier alpha value is -3.42. The Kier molecular flexibility index (Phi) is 5.65. The zero-order valence-corrected chi connectivity index (χ0v) is 17.4.